The molecule has 109 heavy (non-hydrogen) atoms. The number of ether oxygens (including phenoxy) is 3. The number of phenols is 2. The Hall–Kier alpha value is -11.9. The topological polar surface area (TPSA) is 243 Å². The second kappa shape index (κ2) is 31.9. The second-order valence-corrected chi connectivity index (χ2v) is 28.1. The van der Waals surface area contributed by atoms with Crippen LogP contribution >= 0.6 is 23.2 Å². The number of aromatic nitrogens is 6. The van der Waals surface area contributed by atoms with Gasteiger partial charge in [-0.25, -0.2) is 8.78 Å². The minimum absolute atomic E-state index is 0.0000228. The predicted molar refractivity (Wildman–Crippen MR) is 423 cm³/mol. The molecule has 0 bridgehead atoms. The summed E-state index contributed by atoms with van der Waals surface area (Å²) >= 11 is 13.4. The van der Waals surface area contributed by atoms with Gasteiger partial charge in [-0.15, -0.1) is 0 Å². The summed E-state index contributed by atoms with van der Waals surface area (Å²) in [6, 6.07) is 39.2. The van der Waals surface area contributed by atoms with Crippen molar-refractivity contribution in [2.45, 2.75) is 71.2 Å². The number of amides is 3. The number of benzene rings is 8. The van der Waals surface area contributed by atoms with Crippen LogP contribution in [0.15, 0.2) is 159 Å². The highest BCUT2D eigenvalue weighted by Crippen LogP contribution is 2.46. The highest BCUT2D eigenvalue weighted by Gasteiger charge is 2.37. The molecule has 26 heteroatoms. The van der Waals surface area contributed by atoms with E-state index in [-0.39, 0.29) is 104 Å². The molecule has 0 unspecified atom stereocenters. The fraction of sp³-hybridized carbons (Fsp3) is 0.277. The van der Waals surface area contributed by atoms with Gasteiger partial charge in [-0.05, 0) is 138 Å². The van der Waals surface area contributed by atoms with Gasteiger partial charge in [-0.3, -0.25) is 14.4 Å². The van der Waals surface area contributed by atoms with Gasteiger partial charge in [0.15, 0.2) is 11.6 Å². The van der Waals surface area contributed by atoms with Crippen molar-refractivity contribution in [1.82, 2.24) is 44.6 Å². The monoisotopic (exact) mass is 1510 g/mol. The van der Waals surface area contributed by atoms with E-state index < -0.39 is 11.6 Å². The van der Waals surface area contributed by atoms with E-state index in [9.17, 15) is 29.9 Å². The molecule has 4 aliphatic rings. The minimum Gasteiger partial charge on any atom is -0.508 e. The zero-order chi connectivity index (χ0) is 77.2. The van der Waals surface area contributed by atoms with Gasteiger partial charge in [0.1, 0.15) is 40.0 Å². The summed E-state index contributed by atoms with van der Waals surface area (Å²) < 4.78 is 48.7. The quantitative estimate of drug-likeness (QED) is 0.102. The lowest BCUT2D eigenvalue weighted by molar-refractivity contribution is -0.129. The third-order valence-corrected chi connectivity index (χ3v) is 21.2. The average Bonchev–Trinajstić information content (AvgIpc) is 0.752. The summed E-state index contributed by atoms with van der Waals surface area (Å²) in [6.07, 6.45) is 4.98. The van der Waals surface area contributed by atoms with Crippen molar-refractivity contribution < 1.29 is 47.6 Å². The van der Waals surface area contributed by atoms with E-state index in [1.807, 2.05) is 79.1 Å². The Morgan fingerprint density at radius 2 is 1.08 bits per heavy atom. The fourth-order valence-corrected chi connectivity index (χ4v) is 15.9. The van der Waals surface area contributed by atoms with Crippen molar-refractivity contribution in [3.8, 4) is 57.9 Å². The Morgan fingerprint density at radius 3 is 1.64 bits per heavy atom. The van der Waals surface area contributed by atoms with E-state index in [0.29, 0.717) is 98.4 Å². The van der Waals surface area contributed by atoms with Crippen LogP contribution in [-0.4, -0.2) is 177 Å². The third kappa shape index (κ3) is 14.7. The molecule has 558 valence electrons. The number of phenolic OH excluding ortho intramolecular Hbond substituents is 2. The van der Waals surface area contributed by atoms with Gasteiger partial charge in [0.05, 0.1) is 62.1 Å². The number of fused-ring (bicyclic) bond motifs is 6. The number of nitriles is 1. The number of rotatable bonds is 13. The molecule has 7 heterocycles. The molecule has 3 saturated heterocycles. The lowest BCUT2D eigenvalue weighted by Gasteiger charge is -2.44. The first-order valence-corrected chi connectivity index (χ1v) is 36.4. The Morgan fingerprint density at radius 1 is 0.560 bits per heavy atom. The van der Waals surface area contributed by atoms with Crippen LogP contribution in [0.5, 0.6) is 29.5 Å². The maximum Gasteiger partial charge on any atom is 0.318 e. The number of methoxy groups -OCH3 is 3. The standard InChI is InChI=1S/C28H26ClFN4O3.C28H30N6O2.C27H24ClFN4O3/c1-5-23(36)33-13-16(3)34(14-15(33)2)27-21-12-22(29)24(25(30)26(21)31-28(32-27)37-4)20-11-18(35)10-17-8-6-7-9-19(17)20;1-4-25(35)34-16-15-33(17-21(34)11-13-29)27-22-12-14-32(18-23(22)30-28(31-27)36-3)24-10-6-9-20-8-5-7-19(2)26(20)24;1-4-22(35)32-9-10-33(15(2)14-32)26-20-13-21(28)23(24(29)25(20)30-27(31-26)36-3)19-12-17(34)11-16-7-5-6-8-18(16)19/h5-12,15-16,35H,1,13-14H2,2-4H3;4-10,21H,1,11-12,14-18H2,2-3H3;4-8,11-13,15,34H,1,9-10,14H2,2-3H3/t15-,16+;21-;15-/m100/s1. The summed E-state index contributed by atoms with van der Waals surface area (Å²) in [5.41, 5.74) is 5.83. The van der Waals surface area contributed by atoms with E-state index in [2.05, 4.69) is 98.9 Å². The molecule has 11 aromatic rings. The zero-order valence-corrected chi connectivity index (χ0v) is 62.8. The molecule has 3 aromatic heterocycles. The Labute approximate surface area is 638 Å². The van der Waals surface area contributed by atoms with Gasteiger partial charge in [0.2, 0.25) is 17.7 Å². The van der Waals surface area contributed by atoms with Gasteiger partial charge in [0.25, 0.3) is 0 Å². The number of carbonyl (C=O) groups is 3. The Balaban J connectivity index is 0.000000144. The van der Waals surface area contributed by atoms with Crippen molar-refractivity contribution in [2.24, 2.45) is 0 Å². The molecule has 8 aromatic carbocycles. The molecule has 4 aliphatic heterocycles. The first kappa shape index (κ1) is 75.3. The number of hydrogen-bond acceptors (Lipinski definition) is 19. The van der Waals surface area contributed by atoms with Crippen LogP contribution in [-0.2, 0) is 27.3 Å². The second-order valence-electron chi connectivity index (χ2n) is 27.2. The van der Waals surface area contributed by atoms with Crippen LogP contribution < -0.4 is 33.8 Å². The number of halogens is 4. The van der Waals surface area contributed by atoms with E-state index in [0.717, 1.165) is 51.6 Å². The molecule has 22 nitrogen and oxygen atoms in total. The first-order valence-electron chi connectivity index (χ1n) is 35.6. The smallest absolute Gasteiger partial charge is 0.318 e. The maximum atomic E-state index is 16.3. The molecular formula is C83H80Cl2F2N14O8. The van der Waals surface area contributed by atoms with E-state index in [1.165, 1.54) is 66.6 Å². The van der Waals surface area contributed by atoms with Crippen molar-refractivity contribution in [3.05, 3.63) is 198 Å². The van der Waals surface area contributed by atoms with Crippen LogP contribution in [0.2, 0.25) is 10.0 Å². The van der Waals surface area contributed by atoms with Crippen molar-refractivity contribution in [2.75, 3.05) is 99.8 Å². The predicted octanol–water partition coefficient (Wildman–Crippen LogP) is 14.4. The lowest BCUT2D eigenvalue weighted by Crippen LogP contribution is -2.58. The van der Waals surface area contributed by atoms with Crippen LogP contribution in [0.3, 0.4) is 0 Å². The summed E-state index contributed by atoms with van der Waals surface area (Å²) in [4.78, 5) is 77.8. The molecule has 15 rings (SSSR count). The SMILES string of the molecule is C=CC(=O)N1CCN(c2nc(OC)nc3c(F)c(-c4cc(O)cc5ccccc45)c(Cl)cc23)[C@@H](C)C1.C=CC(=O)N1CCN(c2nc(OC)nc3c2CCN(c2cccc4cccc(C)c24)C3)C[C@@H]1CC#N.C=CC(=O)N1C[C@H](C)N(c2nc(OC)nc3c(F)c(-c4cc(O)cc5ccccc45)c(Cl)cc23)C[C@H]1C. The number of hydrogen-bond donors (Lipinski definition) is 2. The molecule has 3 amide bonds. The van der Waals surface area contributed by atoms with Crippen molar-refractivity contribution in [3.63, 3.8) is 0 Å². The molecule has 0 saturated carbocycles. The normalized spacial score (nSPS) is 17.1. The molecule has 0 radical (unpaired) electrons. The van der Waals surface area contributed by atoms with Gasteiger partial charge in [0, 0.05) is 116 Å². The summed E-state index contributed by atoms with van der Waals surface area (Å²) in [5, 5.41) is 36.7. The first-order chi connectivity index (χ1) is 52.6. The molecule has 4 atom stereocenters. The van der Waals surface area contributed by atoms with Gasteiger partial charge in [-0.1, -0.05) is 122 Å². The van der Waals surface area contributed by atoms with Gasteiger partial charge >= 0.3 is 18.0 Å². The zero-order valence-electron chi connectivity index (χ0n) is 61.3. The largest absolute Gasteiger partial charge is 0.508 e. The minimum atomic E-state index is -0.638. The average molecular weight is 1510 g/mol. The van der Waals surface area contributed by atoms with Gasteiger partial charge < -0.3 is 58.7 Å². The van der Waals surface area contributed by atoms with Crippen LogP contribution in [0.1, 0.15) is 44.0 Å². The van der Waals surface area contributed by atoms with Crippen LogP contribution in [0, 0.1) is 29.9 Å². The molecule has 0 spiro atoms. The number of aromatic hydroxyl groups is 2. The van der Waals surface area contributed by atoms with Crippen LogP contribution in [0.4, 0.5) is 31.9 Å². The maximum absolute atomic E-state index is 16.3. The highest BCUT2D eigenvalue weighted by molar-refractivity contribution is 6.35. The van der Waals surface area contributed by atoms with E-state index in [4.69, 9.17) is 47.4 Å². The Kier molecular flexibility index (Phi) is 22.0. The summed E-state index contributed by atoms with van der Waals surface area (Å²) in [7, 11) is 4.43. The van der Waals surface area contributed by atoms with E-state index in [1.54, 1.807) is 46.1 Å². The number of carbonyl (C=O) groups excluding carboxylic acids is 3. The van der Waals surface area contributed by atoms with Crippen LogP contribution in [0.25, 0.3) is 76.4 Å². The van der Waals surface area contributed by atoms with E-state index >= 15 is 8.78 Å². The molecule has 0 aliphatic carbocycles. The number of anilines is 4. The fourth-order valence-electron chi connectivity index (χ4n) is 15.3. The van der Waals surface area contributed by atoms with Gasteiger partial charge in [-0.2, -0.15) is 35.2 Å². The number of aryl methyl sites for hydroxylation is 1. The third-order valence-electron chi connectivity index (χ3n) is 20.6. The lowest BCUT2D eigenvalue weighted by atomic mass is 9.96. The molecule has 3 fully saturated rings. The van der Waals surface area contributed by atoms with Crippen molar-refractivity contribution in [1.29, 1.82) is 5.26 Å². The summed E-state index contributed by atoms with van der Waals surface area (Å²) in [5.74, 6) is 0.108. The highest BCUT2D eigenvalue weighted by atomic mass is 35.5. The summed E-state index contributed by atoms with van der Waals surface area (Å²) in [6.45, 7) is 24.3. The Bertz CT molecular complexity index is 5510. The van der Waals surface area contributed by atoms with Crippen molar-refractivity contribution >= 4 is 118 Å². The molecule has 2 N–H and O–H groups in total. The number of nitrogens with zero attached hydrogens (tertiary/aromatic N) is 14. The number of piperazine rings is 3. The molecular weight excluding hydrogens is 1430 g/mol.